The second-order valence-electron chi connectivity index (χ2n) is 6.93. The third-order valence-corrected chi connectivity index (χ3v) is 6.06. The Morgan fingerprint density at radius 3 is 2.42 bits per heavy atom. The topological polar surface area (TPSA) is 96.5 Å². The first-order valence-corrected chi connectivity index (χ1v) is 10.5. The Labute approximate surface area is 155 Å². The molecule has 0 radical (unpaired) electrons. The maximum atomic E-state index is 12.7. The van der Waals surface area contributed by atoms with E-state index < -0.39 is 15.6 Å². The highest BCUT2D eigenvalue weighted by atomic mass is 32.2. The summed E-state index contributed by atoms with van der Waals surface area (Å²) in [6.45, 7) is 5.30. The van der Waals surface area contributed by atoms with Crippen molar-refractivity contribution < 1.29 is 17.9 Å². The van der Waals surface area contributed by atoms with E-state index in [1.54, 1.807) is 33.1 Å². The van der Waals surface area contributed by atoms with Gasteiger partial charge in [-0.1, -0.05) is 24.3 Å². The van der Waals surface area contributed by atoms with Crippen LogP contribution in [0, 0.1) is 0 Å². The van der Waals surface area contributed by atoms with Gasteiger partial charge in [-0.2, -0.15) is 0 Å². The van der Waals surface area contributed by atoms with Crippen LogP contribution in [-0.4, -0.2) is 46.2 Å². The number of rotatable bonds is 8. The first kappa shape index (κ1) is 20.8. The van der Waals surface area contributed by atoms with Crippen molar-refractivity contribution in [1.82, 2.24) is 15.4 Å². The van der Waals surface area contributed by atoms with Crippen LogP contribution in [0.4, 0.5) is 0 Å². The zero-order chi connectivity index (χ0) is 19.2. The van der Waals surface area contributed by atoms with E-state index in [1.807, 2.05) is 12.1 Å². The Morgan fingerprint density at radius 2 is 1.85 bits per heavy atom. The van der Waals surface area contributed by atoms with Crippen molar-refractivity contribution in [3.8, 4) is 0 Å². The minimum absolute atomic E-state index is 0.115. The summed E-state index contributed by atoms with van der Waals surface area (Å²) in [5.41, 5.74) is 0.652. The van der Waals surface area contributed by atoms with Crippen molar-refractivity contribution in [3.05, 3.63) is 35.4 Å². The molecule has 1 saturated heterocycles. The molecule has 1 amide bonds. The van der Waals surface area contributed by atoms with E-state index in [2.05, 4.69) is 15.4 Å². The second-order valence-corrected chi connectivity index (χ2v) is 8.69. The first-order valence-electron chi connectivity index (χ1n) is 8.89. The van der Waals surface area contributed by atoms with Gasteiger partial charge in [-0.3, -0.25) is 4.79 Å². The molecule has 0 spiro atoms. The van der Waals surface area contributed by atoms with Crippen molar-refractivity contribution in [2.75, 3.05) is 20.2 Å². The highest BCUT2D eigenvalue weighted by Gasteiger charge is 2.39. The number of methoxy groups -OCH3 is 1. The normalized spacial score (nSPS) is 17.2. The molecule has 1 heterocycles. The molecule has 2 rings (SSSR count). The predicted octanol–water partition coefficient (Wildman–Crippen LogP) is 0.899. The zero-order valence-corrected chi connectivity index (χ0v) is 16.5. The zero-order valence-electron chi connectivity index (χ0n) is 15.7. The smallest absolute Gasteiger partial charge is 0.252 e. The molecule has 3 N–H and O–H groups in total. The maximum Gasteiger partial charge on any atom is 0.252 e. The van der Waals surface area contributed by atoms with Gasteiger partial charge < -0.3 is 15.4 Å². The lowest BCUT2D eigenvalue weighted by molar-refractivity contribution is -0.146. The van der Waals surface area contributed by atoms with Crippen LogP contribution < -0.4 is 15.4 Å². The SMILES string of the molecule is COC1(C(=O)NCc2ccccc2CS(=O)(=O)NC(C)C)CCNCC1. The second kappa shape index (κ2) is 8.94. The van der Waals surface area contributed by atoms with Crippen LogP contribution in [0.15, 0.2) is 24.3 Å². The fraction of sp³-hybridized carbons (Fsp3) is 0.611. The predicted molar refractivity (Wildman–Crippen MR) is 101 cm³/mol. The monoisotopic (exact) mass is 383 g/mol. The Kier molecular flexibility index (Phi) is 7.16. The van der Waals surface area contributed by atoms with Gasteiger partial charge >= 0.3 is 0 Å². The molecule has 1 aromatic rings. The van der Waals surface area contributed by atoms with E-state index in [4.69, 9.17) is 4.74 Å². The van der Waals surface area contributed by atoms with Gasteiger partial charge in [-0.05, 0) is 50.9 Å². The van der Waals surface area contributed by atoms with Crippen LogP contribution in [0.5, 0.6) is 0 Å². The number of amides is 1. The van der Waals surface area contributed by atoms with Crippen LogP contribution >= 0.6 is 0 Å². The lowest BCUT2D eigenvalue weighted by atomic mass is 9.91. The van der Waals surface area contributed by atoms with Gasteiger partial charge in [0.05, 0.1) is 5.75 Å². The molecule has 0 atom stereocenters. The number of carbonyl (C=O) groups is 1. The standard InChI is InChI=1S/C18H29N3O4S/c1-14(2)21-26(23,24)13-16-7-5-4-6-15(16)12-20-17(22)18(25-3)8-10-19-11-9-18/h4-7,14,19,21H,8-13H2,1-3H3,(H,20,22). The summed E-state index contributed by atoms with van der Waals surface area (Å²) in [6, 6.07) is 7.09. The average Bonchev–Trinajstić information content (AvgIpc) is 2.59. The summed E-state index contributed by atoms with van der Waals surface area (Å²) in [7, 11) is -1.87. The minimum Gasteiger partial charge on any atom is -0.368 e. The molecule has 146 valence electrons. The van der Waals surface area contributed by atoms with E-state index in [0.717, 1.165) is 18.7 Å². The lowest BCUT2D eigenvalue weighted by Gasteiger charge is -2.34. The molecule has 0 aromatic heterocycles. The number of carbonyl (C=O) groups excluding carboxylic acids is 1. The summed E-state index contributed by atoms with van der Waals surface area (Å²) in [4.78, 5) is 12.7. The fourth-order valence-electron chi connectivity index (χ4n) is 3.17. The van der Waals surface area contributed by atoms with E-state index >= 15 is 0 Å². The van der Waals surface area contributed by atoms with Gasteiger partial charge in [-0.25, -0.2) is 13.1 Å². The molecule has 1 aliphatic heterocycles. The molecule has 0 saturated carbocycles. The van der Waals surface area contributed by atoms with Crippen LogP contribution in [0.25, 0.3) is 0 Å². The molecular weight excluding hydrogens is 354 g/mol. The van der Waals surface area contributed by atoms with Crippen molar-refractivity contribution in [2.24, 2.45) is 0 Å². The van der Waals surface area contributed by atoms with Gasteiger partial charge in [0.1, 0.15) is 5.60 Å². The molecule has 7 nitrogen and oxygen atoms in total. The summed E-state index contributed by atoms with van der Waals surface area (Å²) < 4.78 is 32.6. The van der Waals surface area contributed by atoms with Crippen molar-refractivity contribution in [2.45, 2.75) is 50.6 Å². The van der Waals surface area contributed by atoms with Gasteiger partial charge in [0.25, 0.3) is 5.91 Å². The third-order valence-electron chi connectivity index (χ3n) is 4.53. The molecule has 1 aromatic carbocycles. The number of hydrogen-bond donors (Lipinski definition) is 3. The van der Waals surface area contributed by atoms with Crippen molar-refractivity contribution in [3.63, 3.8) is 0 Å². The highest BCUT2D eigenvalue weighted by Crippen LogP contribution is 2.23. The van der Waals surface area contributed by atoms with E-state index in [-0.39, 0.29) is 24.2 Å². The van der Waals surface area contributed by atoms with Crippen LogP contribution in [0.3, 0.4) is 0 Å². The van der Waals surface area contributed by atoms with Crippen molar-refractivity contribution >= 4 is 15.9 Å². The van der Waals surface area contributed by atoms with Gasteiger partial charge in [0.15, 0.2) is 0 Å². The third kappa shape index (κ3) is 5.51. The summed E-state index contributed by atoms with van der Waals surface area (Å²) in [6.07, 6.45) is 1.23. The average molecular weight is 384 g/mol. The Balaban J connectivity index is 2.07. The lowest BCUT2D eigenvalue weighted by Crippen LogP contribution is -2.54. The van der Waals surface area contributed by atoms with Gasteiger partial charge in [0.2, 0.25) is 10.0 Å². The molecular formula is C18H29N3O4S. The number of hydrogen-bond acceptors (Lipinski definition) is 5. The van der Waals surface area contributed by atoms with Crippen LogP contribution in [0.1, 0.15) is 37.8 Å². The Morgan fingerprint density at radius 1 is 1.23 bits per heavy atom. The van der Waals surface area contributed by atoms with Crippen molar-refractivity contribution in [1.29, 1.82) is 0 Å². The van der Waals surface area contributed by atoms with Gasteiger partial charge in [0, 0.05) is 19.7 Å². The largest absolute Gasteiger partial charge is 0.368 e. The Hall–Kier alpha value is -1.48. The highest BCUT2D eigenvalue weighted by molar-refractivity contribution is 7.88. The summed E-state index contributed by atoms with van der Waals surface area (Å²) in [5, 5.41) is 6.14. The maximum absolute atomic E-state index is 12.7. The van der Waals surface area contributed by atoms with Crippen LogP contribution in [-0.2, 0) is 31.9 Å². The number of benzene rings is 1. The number of piperidine rings is 1. The summed E-state index contributed by atoms with van der Waals surface area (Å²) in [5.74, 6) is -0.268. The molecule has 0 bridgehead atoms. The van der Waals surface area contributed by atoms with E-state index in [1.165, 1.54) is 0 Å². The fourth-order valence-corrected chi connectivity index (χ4v) is 4.66. The van der Waals surface area contributed by atoms with Gasteiger partial charge in [-0.15, -0.1) is 0 Å². The minimum atomic E-state index is -3.43. The van der Waals surface area contributed by atoms with Crippen LogP contribution in [0.2, 0.25) is 0 Å². The number of nitrogens with one attached hydrogen (secondary N) is 3. The van der Waals surface area contributed by atoms with E-state index in [9.17, 15) is 13.2 Å². The molecule has 0 aliphatic carbocycles. The number of sulfonamides is 1. The molecule has 26 heavy (non-hydrogen) atoms. The quantitative estimate of drug-likeness (QED) is 0.620. The molecule has 1 fully saturated rings. The molecule has 8 heteroatoms. The number of ether oxygens (including phenoxy) is 1. The Bertz CT molecular complexity index is 713. The molecule has 0 unspecified atom stereocenters. The molecule has 1 aliphatic rings. The summed E-state index contributed by atoms with van der Waals surface area (Å²) >= 11 is 0. The van der Waals surface area contributed by atoms with E-state index in [0.29, 0.717) is 18.4 Å². The first-order chi connectivity index (χ1) is 12.3.